The van der Waals surface area contributed by atoms with Crippen molar-refractivity contribution in [1.82, 2.24) is 10.2 Å². The Kier molecular flexibility index (Phi) is 9.30. The largest absolute Gasteiger partial charge is 0.342 e. The molecule has 0 radical (unpaired) electrons. The molecule has 0 aliphatic rings. The summed E-state index contributed by atoms with van der Waals surface area (Å²) in [7, 11) is 0. The smallest absolute Gasteiger partial charge is 0.236 e. The lowest BCUT2D eigenvalue weighted by atomic mass is 10.2. The molecule has 0 spiro atoms. The van der Waals surface area contributed by atoms with Crippen LogP contribution in [0.1, 0.15) is 53.4 Å². The molecule has 1 amide bonds. The van der Waals surface area contributed by atoms with Gasteiger partial charge in [-0.25, -0.2) is 0 Å². The quantitative estimate of drug-likeness (QED) is 0.657. The lowest BCUT2D eigenvalue weighted by molar-refractivity contribution is -0.130. The van der Waals surface area contributed by atoms with Gasteiger partial charge in [-0.1, -0.05) is 40.5 Å². The molecule has 16 heavy (non-hydrogen) atoms. The summed E-state index contributed by atoms with van der Waals surface area (Å²) >= 11 is 0. The van der Waals surface area contributed by atoms with E-state index >= 15 is 0 Å². The van der Waals surface area contributed by atoms with E-state index in [1.54, 1.807) is 0 Å². The van der Waals surface area contributed by atoms with Crippen molar-refractivity contribution >= 4 is 5.91 Å². The molecule has 3 heteroatoms. The molecule has 0 rings (SSSR count). The second-order valence-corrected chi connectivity index (χ2v) is 4.62. The van der Waals surface area contributed by atoms with Gasteiger partial charge >= 0.3 is 0 Å². The Morgan fingerprint density at radius 1 is 1.12 bits per heavy atom. The van der Waals surface area contributed by atoms with Crippen molar-refractivity contribution in [2.75, 3.05) is 19.6 Å². The van der Waals surface area contributed by atoms with E-state index in [2.05, 4.69) is 33.0 Å². The summed E-state index contributed by atoms with van der Waals surface area (Å²) < 4.78 is 0. The maximum atomic E-state index is 11.9. The van der Waals surface area contributed by atoms with Crippen LogP contribution < -0.4 is 5.32 Å². The van der Waals surface area contributed by atoms with Crippen molar-refractivity contribution in [1.29, 1.82) is 0 Å². The summed E-state index contributed by atoms with van der Waals surface area (Å²) in [6, 6.07) is 0.378. The number of carbonyl (C=O) groups is 1. The third-order valence-corrected chi connectivity index (χ3v) is 2.58. The molecule has 0 aliphatic heterocycles. The highest BCUT2D eigenvalue weighted by molar-refractivity contribution is 5.78. The predicted octanol–water partition coefficient (Wildman–Crippen LogP) is 2.41. The van der Waals surface area contributed by atoms with Crippen LogP contribution in [0.25, 0.3) is 0 Å². The molecule has 0 aromatic rings. The third kappa shape index (κ3) is 7.69. The molecule has 1 N–H and O–H groups in total. The molecule has 0 bridgehead atoms. The normalized spacial score (nSPS) is 10.8. The predicted molar refractivity (Wildman–Crippen MR) is 69.5 cm³/mol. The van der Waals surface area contributed by atoms with E-state index in [-0.39, 0.29) is 5.91 Å². The molecule has 0 unspecified atom stereocenters. The maximum absolute atomic E-state index is 11.9. The first-order chi connectivity index (χ1) is 7.61. The second-order valence-electron chi connectivity index (χ2n) is 4.62. The summed E-state index contributed by atoms with van der Waals surface area (Å²) in [5, 5.41) is 3.19. The number of rotatable bonds is 9. The molecule has 0 aromatic carbocycles. The highest BCUT2D eigenvalue weighted by Gasteiger charge is 2.12. The van der Waals surface area contributed by atoms with Gasteiger partial charge in [0, 0.05) is 19.1 Å². The van der Waals surface area contributed by atoms with Crippen molar-refractivity contribution in [3.05, 3.63) is 0 Å². The number of nitrogens with zero attached hydrogens (tertiary/aromatic N) is 1. The Bertz CT molecular complexity index is 173. The Labute approximate surface area is 101 Å². The van der Waals surface area contributed by atoms with Gasteiger partial charge in [-0.3, -0.25) is 4.79 Å². The first kappa shape index (κ1) is 15.4. The average Bonchev–Trinajstić information content (AvgIpc) is 2.26. The van der Waals surface area contributed by atoms with Crippen molar-refractivity contribution in [2.24, 2.45) is 0 Å². The van der Waals surface area contributed by atoms with Crippen LogP contribution in [0, 0.1) is 0 Å². The van der Waals surface area contributed by atoms with E-state index in [0.717, 1.165) is 38.8 Å². The molecular weight excluding hydrogens is 200 g/mol. The Hall–Kier alpha value is -0.570. The van der Waals surface area contributed by atoms with Crippen LogP contribution in [-0.2, 0) is 4.79 Å². The van der Waals surface area contributed by atoms with Gasteiger partial charge in [0.2, 0.25) is 5.91 Å². The van der Waals surface area contributed by atoms with Crippen molar-refractivity contribution < 1.29 is 4.79 Å². The Morgan fingerprint density at radius 2 is 1.62 bits per heavy atom. The van der Waals surface area contributed by atoms with Crippen LogP contribution in [0.5, 0.6) is 0 Å². The fourth-order valence-corrected chi connectivity index (χ4v) is 1.46. The summed E-state index contributed by atoms with van der Waals surface area (Å²) in [5.74, 6) is 0.246. The minimum Gasteiger partial charge on any atom is -0.342 e. The maximum Gasteiger partial charge on any atom is 0.236 e. The van der Waals surface area contributed by atoms with Gasteiger partial charge in [0.25, 0.3) is 0 Å². The van der Waals surface area contributed by atoms with Crippen molar-refractivity contribution in [2.45, 2.75) is 59.4 Å². The van der Waals surface area contributed by atoms with Gasteiger partial charge in [-0.15, -0.1) is 0 Å². The number of hydrogen-bond acceptors (Lipinski definition) is 2. The van der Waals surface area contributed by atoms with Crippen LogP contribution in [0.4, 0.5) is 0 Å². The van der Waals surface area contributed by atoms with Crippen molar-refractivity contribution in [3.8, 4) is 0 Å². The second kappa shape index (κ2) is 9.64. The van der Waals surface area contributed by atoms with E-state index in [0.29, 0.717) is 12.6 Å². The first-order valence-electron chi connectivity index (χ1n) is 6.62. The monoisotopic (exact) mass is 228 g/mol. The molecule has 0 saturated heterocycles. The minimum absolute atomic E-state index is 0.246. The highest BCUT2D eigenvalue weighted by Crippen LogP contribution is 1.99. The van der Waals surface area contributed by atoms with Gasteiger partial charge in [0.05, 0.1) is 6.54 Å². The van der Waals surface area contributed by atoms with Gasteiger partial charge in [0.15, 0.2) is 0 Å². The van der Waals surface area contributed by atoms with Crippen molar-refractivity contribution in [3.63, 3.8) is 0 Å². The molecule has 0 atom stereocenters. The standard InChI is InChI=1S/C13H28N2O/c1-5-7-9-15(10-8-6-2)13(16)11-14-12(3)4/h12,14H,5-11H2,1-4H3. The van der Waals surface area contributed by atoms with E-state index in [4.69, 9.17) is 0 Å². The topological polar surface area (TPSA) is 32.3 Å². The zero-order chi connectivity index (χ0) is 12.4. The zero-order valence-corrected chi connectivity index (χ0v) is 11.4. The number of unbranched alkanes of at least 4 members (excludes halogenated alkanes) is 2. The number of amides is 1. The molecule has 0 aromatic heterocycles. The first-order valence-corrected chi connectivity index (χ1v) is 6.62. The molecule has 96 valence electrons. The number of nitrogens with one attached hydrogen (secondary N) is 1. The van der Waals surface area contributed by atoms with Gasteiger partial charge in [-0.05, 0) is 12.8 Å². The van der Waals surface area contributed by atoms with Crippen LogP contribution in [0.3, 0.4) is 0 Å². The van der Waals surface area contributed by atoms with Crippen LogP contribution >= 0.6 is 0 Å². The fourth-order valence-electron chi connectivity index (χ4n) is 1.46. The van der Waals surface area contributed by atoms with E-state index in [1.807, 2.05) is 4.90 Å². The van der Waals surface area contributed by atoms with Gasteiger partial charge in [-0.2, -0.15) is 0 Å². The van der Waals surface area contributed by atoms with Crippen LogP contribution in [0.2, 0.25) is 0 Å². The summed E-state index contributed by atoms with van der Waals surface area (Å²) in [4.78, 5) is 13.9. The van der Waals surface area contributed by atoms with E-state index in [1.165, 1.54) is 0 Å². The number of carbonyl (C=O) groups excluding carboxylic acids is 1. The van der Waals surface area contributed by atoms with E-state index < -0.39 is 0 Å². The van der Waals surface area contributed by atoms with Crippen LogP contribution in [-0.4, -0.2) is 36.5 Å². The SMILES string of the molecule is CCCCN(CCCC)C(=O)CNC(C)C. The summed E-state index contributed by atoms with van der Waals surface area (Å²) in [6.07, 6.45) is 4.51. The molecule has 0 aliphatic carbocycles. The lowest BCUT2D eigenvalue weighted by Crippen LogP contribution is -2.41. The average molecular weight is 228 g/mol. The zero-order valence-electron chi connectivity index (χ0n) is 11.4. The lowest BCUT2D eigenvalue weighted by Gasteiger charge is -2.23. The fraction of sp³-hybridized carbons (Fsp3) is 0.923. The highest BCUT2D eigenvalue weighted by atomic mass is 16.2. The number of hydrogen-bond donors (Lipinski definition) is 1. The Morgan fingerprint density at radius 3 is 2.00 bits per heavy atom. The minimum atomic E-state index is 0.246. The third-order valence-electron chi connectivity index (χ3n) is 2.58. The van der Waals surface area contributed by atoms with Gasteiger partial charge < -0.3 is 10.2 Å². The summed E-state index contributed by atoms with van der Waals surface area (Å²) in [6.45, 7) is 10.8. The van der Waals surface area contributed by atoms with E-state index in [9.17, 15) is 4.79 Å². The van der Waals surface area contributed by atoms with Gasteiger partial charge in [0.1, 0.15) is 0 Å². The van der Waals surface area contributed by atoms with Crippen LogP contribution in [0.15, 0.2) is 0 Å². The molecule has 0 heterocycles. The summed E-state index contributed by atoms with van der Waals surface area (Å²) in [5.41, 5.74) is 0. The Balaban J connectivity index is 3.98. The molecule has 0 saturated carbocycles. The molecule has 0 fully saturated rings. The molecular formula is C13H28N2O. The molecule has 3 nitrogen and oxygen atoms in total.